The van der Waals surface area contributed by atoms with E-state index >= 15 is 0 Å². The molecule has 0 bridgehead atoms. The van der Waals surface area contributed by atoms with Crippen molar-refractivity contribution in [3.05, 3.63) is 95.8 Å². The van der Waals surface area contributed by atoms with Crippen LogP contribution in [-0.4, -0.2) is 66.0 Å². The van der Waals surface area contributed by atoms with Crippen molar-refractivity contribution in [1.29, 1.82) is 0 Å². The molecule has 176 valence electrons. The zero-order valence-electron chi connectivity index (χ0n) is 19.3. The van der Waals surface area contributed by atoms with Gasteiger partial charge in [0.2, 0.25) is 5.91 Å². The molecule has 2 aromatic carbocycles. The van der Waals surface area contributed by atoms with Crippen LogP contribution in [-0.2, 0) is 22.6 Å². The number of amides is 2. The minimum atomic E-state index is -0.332. The minimum Gasteiger partial charge on any atom is -0.497 e. The SMILES string of the molecule is COc1cccc(CO[C@@H]2CN(CCc3ccccc3)C(=O)CN(C(=O)c3ccccn3)C2)c1. The molecule has 2 amide bonds. The molecule has 0 unspecified atom stereocenters. The molecule has 0 aliphatic carbocycles. The number of pyridine rings is 1. The number of carbonyl (C=O) groups excluding carboxylic acids is 2. The molecule has 1 aromatic heterocycles. The maximum absolute atomic E-state index is 13.1. The Hall–Kier alpha value is -3.71. The van der Waals surface area contributed by atoms with Crippen LogP contribution in [0, 0.1) is 0 Å². The Balaban J connectivity index is 1.49. The third-order valence-corrected chi connectivity index (χ3v) is 5.83. The van der Waals surface area contributed by atoms with Crippen molar-refractivity contribution in [3.63, 3.8) is 0 Å². The summed E-state index contributed by atoms with van der Waals surface area (Å²) in [4.78, 5) is 33.7. The lowest BCUT2D eigenvalue weighted by atomic mass is 10.1. The molecule has 0 spiro atoms. The van der Waals surface area contributed by atoms with Crippen molar-refractivity contribution in [2.75, 3.05) is 33.3 Å². The molecule has 1 aliphatic rings. The summed E-state index contributed by atoms with van der Waals surface area (Å²) in [6.07, 6.45) is 1.99. The molecule has 4 rings (SSSR count). The summed E-state index contributed by atoms with van der Waals surface area (Å²) in [5.74, 6) is 0.398. The lowest BCUT2D eigenvalue weighted by molar-refractivity contribution is -0.131. The molecule has 3 aromatic rings. The highest BCUT2D eigenvalue weighted by molar-refractivity contribution is 5.95. The third-order valence-electron chi connectivity index (χ3n) is 5.83. The van der Waals surface area contributed by atoms with E-state index in [1.165, 1.54) is 0 Å². The second kappa shape index (κ2) is 11.4. The fourth-order valence-corrected chi connectivity index (χ4v) is 3.99. The molecule has 7 heteroatoms. The number of methoxy groups -OCH3 is 1. The van der Waals surface area contributed by atoms with E-state index in [0.717, 1.165) is 23.3 Å². The summed E-state index contributed by atoms with van der Waals surface area (Å²) in [7, 11) is 1.63. The van der Waals surface area contributed by atoms with Crippen molar-refractivity contribution >= 4 is 11.8 Å². The number of hydrogen-bond acceptors (Lipinski definition) is 5. The topological polar surface area (TPSA) is 72.0 Å². The molecule has 1 saturated heterocycles. The van der Waals surface area contributed by atoms with Crippen LogP contribution in [0.15, 0.2) is 79.0 Å². The van der Waals surface area contributed by atoms with Gasteiger partial charge in [-0.05, 0) is 41.8 Å². The highest BCUT2D eigenvalue weighted by Crippen LogP contribution is 2.17. The zero-order valence-corrected chi connectivity index (χ0v) is 19.3. The second-order valence-electron chi connectivity index (χ2n) is 8.26. The standard InChI is InChI=1S/C27H29N3O4/c1-33-23-11-7-10-22(16-23)20-34-24-17-29(15-13-21-8-3-2-4-9-21)26(31)19-30(18-24)27(32)25-12-5-6-14-28-25/h2-12,14,16,24H,13,15,17-20H2,1H3/t24-/m1/s1. The van der Waals surface area contributed by atoms with Gasteiger partial charge in [-0.1, -0.05) is 48.5 Å². The van der Waals surface area contributed by atoms with Gasteiger partial charge in [0, 0.05) is 25.8 Å². The average molecular weight is 460 g/mol. The first-order chi connectivity index (χ1) is 16.6. The molecular formula is C27H29N3O4. The summed E-state index contributed by atoms with van der Waals surface area (Å²) in [5, 5.41) is 0. The lowest BCUT2D eigenvalue weighted by Crippen LogP contribution is -2.40. The van der Waals surface area contributed by atoms with E-state index in [2.05, 4.69) is 17.1 Å². The second-order valence-corrected chi connectivity index (χ2v) is 8.26. The molecule has 0 saturated carbocycles. The van der Waals surface area contributed by atoms with Crippen LogP contribution < -0.4 is 4.74 Å². The monoisotopic (exact) mass is 459 g/mol. The van der Waals surface area contributed by atoms with Crippen molar-refractivity contribution < 1.29 is 19.1 Å². The molecule has 1 fully saturated rings. The van der Waals surface area contributed by atoms with Crippen molar-refractivity contribution in [2.45, 2.75) is 19.1 Å². The van der Waals surface area contributed by atoms with Crippen LogP contribution in [0.3, 0.4) is 0 Å². The van der Waals surface area contributed by atoms with Gasteiger partial charge in [-0.2, -0.15) is 0 Å². The van der Waals surface area contributed by atoms with Crippen LogP contribution >= 0.6 is 0 Å². The maximum atomic E-state index is 13.1. The van der Waals surface area contributed by atoms with Gasteiger partial charge in [-0.25, -0.2) is 0 Å². The highest BCUT2D eigenvalue weighted by atomic mass is 16.5. The van der Waals surface area contributed by atoms with Gasteiger partial charge < -0.3 is 19.3 Å². The van der Waals surface area contributed by atoms with E-state index in [-0.39, 0.29) is 24.5 Å². The summed E-state index contributed by atoms with van der Waals surface area (Å²) >= 11 is 0. The van der Waals surface area contributed by atoms with E-state index in [1.807, 2.05) is 42.5 Å². The number of nitrogens with zero attached hydrogens (tertiary/aromatic N) is 3. The van der Waals surface area contributed by atoms with Crippen molar-refractivity contribution in [3.8, 4) is 5.75 Å². The quantitative estimate of drug-likeness (QED) is 0.517. The summed E-state index contributed by atoms with van der Waals surface area (Å²) in [5.41, 5.74) is 2.45. The average Bonchev–Trinajstić information content (AvgIpc) is 3.05. The largest absolute Gasteiger partial charge is 0.497 e. The van der Waals surface area contributed by atoms with Crippen LogP contribution in [0.1, 0.15) is 21.6 Å². The number of rotatable bonds is 8. The highest BCUT2D eigenvalue weighted by Gasteiger charge is 2.31. The van der Waals surface area contributed by atoms with Gasteiger partial charge in [0.1, 0.15) is 18.0 Å². The van der Waals surface area contributed by atoms with E-state index in [9.17, 15) is 9.59 Å². The fraction of sp³-hybridized carbons (Fsp3) is 0.296. The predicted molar refractivity (Wildman–Crippen MR) is 128 cm³/mol. The van der Waals surface area contributed by atoms with Crippen LogP contribution in [0.5, 0.6) is 5.75 Å². The molecule has 0 radical (unpaired) electrons. The fourth-order valence-electron chi connectivity index (χ4n) is 3.99. The van der Waals surface area contributed by atoms with Crippen molar-refractivity contribution in [1.82, 2.24) is 14.8 Å². The Bertz CT molecular complexity index is 1090. The Morgan fingerprint density at radius 1 is 1.00 bits per heavy atom. The molecular weight excluding hydrogens is 430 g/mol. The Morgan fingerprint density at radius 3 is 2.56 bits per heavy atom. The number of benzene rings is 2. The lowest BCUT2D eigenvalue weighted by Gasteiger charge is -2.25. The van der Waals surface area contributed by atoms with Crippen molar-refractivity contribution in [2.24, 2.45) is 0 Å². The molecule has 2 heterocycles. The molecule has 7 nitrogen and oxygen atoms in total. The number of aromatic nitrogens is 1. The van der Waals surface area contributed by atoms with E-state index in [0.29, 0.717) is 31.9 Å². The Morgan fingerprint density at radius 2 is 1.79 bits per heavy atom. The molecule has 1 atom stereocenters. The van der Waals surface area contributed by atoms with Gasteiger partial charge in [-0.3, -0.25) is 14.6 Å². The summed E-state index contributed by atoms with van der Waals surface area (Å²) < 4.78 is 11.5. The first-order valence-corrected chi connectivity index (χ1v) is 11.4. The zero-order chi connectivity index (χ0) is 23.8. The first kappa shape index (κ1) is 23.4. The smallest absolute Gasteiger partial charge is 0.273 e. The summed E-state index contributed by atoms with van der Waals surface area (Å²) in [6, 6.07) is 22.9. The van der Waals surface area contributed by atoms with Crippen LogP contribution in [0.4, 0.5) is 0 Å². The van der Waals surface area contributed by atoms with E-state index in [1.54, 1.807) is 41.3 Å². The number of ether oxygens (including phenoxy) is 2. The summed E-state index contributed by atoms with van der Waals surface area (Å²) in [6.45, 7) is 1.65. The minimum absolute atomic E-state index is 0.00319. The Kier molecular flexibility index (Phi) is 7.88. The van der Waals surface area contributed by atoms with Crippen LogP contribution in [0.25, 0.3) is 0 Å². The van der Waals surface area contributed by atoms with Gasteiger partial charge in [0.15, 0.2) is 0 Å². The number of hydrogen-bond donors (Lipinski definition) is 0. The molecule has 0 N–H and O–H groups in total. The first-order valence-electron chi connectivity index (χ1n) is 11.4. The van der Waals surface area contributed by atoms with Gasteiger partial charge >= 0.3 is 0 Å². The molecule has 1 aliphatic heterocycles. The predicted octanol–water partition coefficient (Wildman–Crippen LogP) is 3.20. The third kappa shape index (κ3) is 6.20. The maximum Gasteiger partial charge on any atom is 0.273 e. The van der Waals surface area contributed by atoms with Gasteiger partial charge in [0.05, 0.1) is 19.8 Å². The van der Waals surface area contributed by atoms with Crippen LogP contribution in [0.2, 0.25) is 0 Å². The number of carbonyl (C=O) groups is 2. The van der Waals surface area contributed by atoms with E-state index in [4.69, 9.17) is 9.47 Å². The normalized spacial score (nSPS) is 16.3. The molecule has 34 heavy (non-hydrogen) atoms. The van der Waals surface area contributed by atoms with Gasteiger partial charge in [-0.15, -0.1) is 0 Å². The van der Waals surface area contributed by atoms with E-state index < -0.39 is 0 Å². The van der Waals surface area contributed by atoms with Gasteiger partial charge in [0.25, 0.3) is 5.91 Å². The Labute approximate surface area is 199 Å².